The molecule has 2 heterocycles. The van der Waals surface area contributed by atoms with E-state index in [1.807, 2.05) is 6.07 Å². The van der Waals surface area contributed by atoms with Gasteiger partial charge in [-0.2, -0.15) is 0 Å². The number of likely N-dealkylation sites (tertiary alicyclic amines) is 1. The highest BCUT2D eigenvalue weighted by atomic mass is 16.3. The summed E-state index contributed by atoms with van der Waals surface area (Å²) in [5.41, 5.74) is 0.890. The van der Waals surface area contributed by atoms with Crippen LogP contribution in [0.15, 0.2) is 18.2 Å². The molecule has 1 aromatic rings. The Kier molecular flexibility index (Phi) is 3.83. The van der Waals surface area contributed by atoms with Gasteiger partial charge in [0.15, 0.2) is 0 Å². The molecule has 3 N–H and O–H groups in total. The third-order valence-electron chi connectivity index (χ3n) is 4.57. The second-order valence-corrected chi connectivity index (χ2v) is 5.81. The zero-order chi connectivity index (χ0) is 14.1. The topological polar surface area (TPSA) is 59.0 Å². The predicted octanol–water partition coefficient (Wildman–Crippen LogP) is 0.748. The third kappa shape index (κ3) is 2.61. The van der Waals surface area contributed by atoms with E-state index in [0.717, 1.165) is 44.8 Å². The molecular weight excluding hydrogens is 254 g/mol. The van der Waals surface area contributed by atoms with Crippen LogP contribution in [0.1, 0.15) is 18.5 Å². The lowest BCUT2D eigenvalue weighted by Crippen LogP contribution is -2.62. The standard InChI is InChI=1S/C15H23N3O2/c1-11(14-3-2-13(19)8-15(14)20)18-9-12(10-18)17-6-4-16-5-7-17/h2-3,8,11-12,16,19-20H,4-7,9-10H2,1H3. The lowest BCUT2D eigenvalue weighted by atomic mass is 9.98. The third-order valence-corrected chi connectivity index (χ3v) is 4.57. The Balaban J connectivity index is 1.58. The fraction of sp³-hybridized carbons (Fsp3) is 0.600. The van der Waals surface area contributed by atoms with Gasteiger partial charge < -0.3 is 15.5 Å². The maximum absolute atomic E-state index is 9.94. The van der Waals surface area contributed by atoms with Crippen LogP contribution in [0.5, 0.6) is 11.5 Å². The Bertz CT molecular complexity index is 468. The molecule has 0 aromatic heterocycles. The fourth-order valence-electron chi connectivity index (χ4n) is 3.16. The van der Waals surface area contributed by atoms with Gasteiger partial charge in [0.2, 0.25) is 0 Å². The molecule has 2 aliphatic rings. The highest BCUT2D eigenvalue weighted by Crippen LogP contribution is 2.34. The molecule has 2 saturated heterocycles. The molecule has 5 nitrogen and oxygen atoms in total. The van der Waals surface area contributed by atoms with Crippen molar-refractivity contribution in [2.45, 2.75) is 19.0 Å². The second-order valence-electron chi connectivity index (χ2n) is 5.81. The van der Waals surface area contributed by atoms with Crippen LogP contribution in [0.25, 0.3) is 0 Å². The van der Waals surface area contributed by atoms with Crippen molar-refractivity contribution >= 4 is 0 Å². The molecule has 1 atom stereocenters. The Hall–Kier alpha value is -1.30. The van der Waals surface area contributed by atoms with Crippen molar-refractivity contribution in [2.24, 2.45) is 0 Å². The van der Waals surface area contributed by atoms with E-state index in [4.69, 9.17) is 0 Å². The van der Waals surface area contributed by atoms with Crippen LogP contribution in [0, 0.1) is 0 Å². The molecule has 1 unspecified atom stereocenters. The minimum Gasteiger partial charge on any atom is -0.508 e. The first kappa shape index (κ1) is 13.7. The summed E-state index contributed by atoms with van der Waals surface area (Å²) in [4.78, 5) is 4.93. The van der Waals surface area contributed by atoms with Gasteiger partial charge in [0.05, 0.1) is 0 Å². The van der Waals surface area contributed by atoms with Crippen LogP contribution >= 0.6 is 0 Å². The average Bonchev–Trinajstić information content (AvgIpc) is 2.38. The molecular formula is C15H23N3O2. The minimum absolute atomic E-state index is 0.112. The second kappa shape index (κ2) is 5.60. The van der Waals surface area contributed by atoms with E-state index in [1.54, 1.807) is 6.07 Å². The zero-order valence-corrected chi connectivity index (χ0v) is 11.9. The molecule has 1 aromatic carbocycles. The number of benzene rings is 1. The maximum atomic E-state index is 9.94. The molecule has 0 radical (unpaired) electrons. The van der Waals surface area contributed by atoms with E-state index in [9.17, 15) is 10.2 Å². The number of nitrogens with one attached hydrogen (secondary N) is 1. The maximum Gasteiger partial charge on any atom is 0.124 e. The van der Waals surface area contributed by atoms with Crippen LogP contribution in [0.2, 0.25) is 0 Å². The lowest BCUT2D eigenvalue weighted by molar-refractivity contribution is 0.00296. The summed E-state index contributed by atoms with van der Waals surface area (Å²) in [6.45, 7) is 8.67. The van der Waals surface area contributed by atoms with E-state index in [0.29, 0.717) is 6.04 Å². The van der Waals surface area contributed by atoms with Gasteiger partial charge in [-0.1, -0.05) is 6.07 Å². The van der Waals surface area contributed by atoms with Crippen molar-refractivity contribution in [1.29, 1.82) is 0 Å². The zero-order valence-electron chi connectivity index (χ0n) is 11.9. The van der Waals surface area contributed by atoms with E-state index in [1.165, 1.54) is 6.07 Å². The Morgan fingerprint density at radius 2 is 1.90 bits per heavy atom. The highest BCUT2D eigenvalue weighted by Gasteiger charge is 2.35. The van der Waals surface area contributed by atoms with E-state index < -0.39 is 0 Å². The van der Waals surface area contributed by atoms with Crippen LogP contribution in [0.3, 0.4) is 0 Å². The van der Waals surface area contributed by atoms with E-state index in [-0.39, 0.29) is 17.5 Å². The minimum atomic E-state index is 0.112. The largest absolute Gasteiger partial charge is 0.508 e. The van der Waals surface area contributed by atoms with Crippen molar-refractivity contribution in [3.8, 4) is 11.5 Å². The van der Waals surface area contributed by atoms with Crippen molar-refractivity contribution in [2.75, 3.05) is 39.3 Å². The van der Waals surface area contributed by atoms with Gasteiger partial charge in [-0.05, 0) is 13.0 Å². The van der Waals surface area contributed by atoms with Crippen LogP contribution in [-0.2, 0) is 0 Å². The molecule has 110 valence electrons. The van der Waals surface area contributed by atoms with E-state index in [2.05, 4.69) is 22.0 Å². The smallest absolute Gasteiger partial charge is 0.124 e. The molecule has 3 rings (SSSR count). The first-order valence-electron chi connectivity index (χ1n) is 7.36. The molecule has 20 heavy (non-hydrogen) atoms. The lowest BCUT2D eigenvalue weighted by Gasteiger charge is -2.49. The van der Waals surface area contributed by atoms with Crippen molar-refractivity contribution < 1.29 is 10.2 Å². The van der Waals surface area contributed by atoms with Gasteiger partial charge in [-0.15, -0.1) is 0 Å². The quantitative estimate of drug-likeness (QED) is 0.761. The Labute approximate surface area is 119 Å². The summed E-state index contributed by atoms with van der Waals surface area (Å²) >= 11 is 0. The van der Waals surface area contributed by atoms with Gasteiger partial charge in [0.25, 0.3) is 0 Å². The van der Waals surface area contributed by atoms with Gasteiger partial charge in [-0.3, -0.25) is 9.80 Å². The molecule has 0 saturated carbocycles. The average molecular weight is 277 g/mol. The number of hydrogen-bond donors (Lipinski definition) is 3. The molecule has 0 amide bonds. The number of phenols is 2. The Morgan fingerprint density at radius 3 is 2.55 bits per heavy atom. The normalized spacial score (nSPS) is 23.4. The SMILES string of the molecule is CC(c1ccc(O)cc1O)N1CC(N2CCNCC2)C1. The molecule has 0 bridgehead atoms. The summed E-state index contributed by atoms with van der Waals surface area (Å²) in [7, 11) is 0. The molecule has 0 aliphatic carbocycles. The summed E-state index contributed by atoms with van der Waals surface area (Å²) in [5.74, 6) is 0.295. The van der Waals surface area contributed by atoms with E-state index >= 15 is 0 Å². The van der Waals surface area contributed by atoms with Crippen molar-refractivity contribution in [3.63, 3.8) is 0 Å². The first-order valence-corrected chi connectivity index (χ1v) is 7.36. The summed E-state index contributed by atoms with van der Waals surface area (Å²) in [6, 6.07) is 5.71. The monoisotopic (exact) mass is 277 g/mol. The van der Waals surface area contributed by atoms with Gasteiger partial charge in [0.1, 0.15) is 11.5 Å². The van der Waals surface area contributed by atoms with Crippen molar-refractivity contribution in [3.05, 3.63) is 23.8 Å². The predicted molar refractivity (Wildman–Crippen MR) is 78.0 cm³/mol. The van der Waals surface area contributed by atoms with Crippen LogP contribution in [0.4, 0.5) is 0 Å². The van der Waals surface area contributed by atoms with Crippen LogP contribution < -0.4 is 5.32 Å². The Morgan fingerprint density at radius 1 is 1.20 bits per heavy atom. The summed E-state index contributed by atoms with van der Waals surface area (Å²) < 4.78 is 0. The highest BCUT2D eigenvalue weighted by molar-refractivity contribution is 5.40. The number of piperazine rings is 1. The van der Waals surface area contributed by atoms with Gasteiger partial charge in [-0.25, -0.2) is 0 Å². The van der Waals surface area contributed by atoms with Gasteiger partial charge >= 0.3 is 0 Å². The molecule has 5 heteroatoms. The summed E-state index contributed by atoms with van der Waals surface area (Å²) in [6.07, 6.45) is 0. The number of hydrogen-bond acceptors (Lipinski definition) is 5. The van der Waals surface area contributed by atoms with Gasteiger partial charge in [0, 0.05) is 63.0 Å². The molecule has 2 aliphatic heterocycles. The van der Waals surface area contributed by atoms with Crippen LogP contribution in [-0.4, -0.2) is 65.3 Å². The summed E-state index contributed by atoms with van der Waals surface area (Å²) in [5, 5.41) is 22.7. The number of rotatable bonds is 3. The first-order chi connectivity index (χ1) is 9.65. The number of nitrogens with zero attached hydrogens (tertiary/aromatic N) is 2. The van der Waals surface area contributed by atoms with Crippen molar-refractivity contribution in [1.82, 2.24) is 15.1 Å². The number of phenolic OH excluding ortho intramolecular Hbond substituents is 2. The molecule has 2 fully saturated rings. The number of aromatic hydroxyl groups is 2. The fourth-order valence-corrected chi connectivity index (χ4v) is 3.16. The molecule has 0 spiro atoms.